The number of carbonyl (C=O) groups is 2. The van der Waals surface area contributed by atoms with E-state index in [0.717, 1.165) is 11.3 Å². The Kier molecular flexibility index (Phi) is 7.38. The minimum Gasteiger partial charge on any atom is -0.497 e. The Morgan fingerprint density at radius 1 is 1.22 bits per heavy atom. The Bertz CT molecular complexity index is 524. The van der Waals surface area contributed by atoms with Crippen LogP contribution in [0.5, 0.6) is 5.75 Å². The highest BCUT2D eigenvalue weighted by Gasteiger charge is 2.23. The summed E-state index contributed by atoms with van der Waals surface area (Å²) in [5, 5.41) is 0. The van der Waals surface area contributed by atoms with Crippen LogP contribution in [0.15, 0.2) is 24.3 Å². The highest BCUT2D eigenvalue weighted by atomic mass is 32.2. The quantitative estimate of drug-likeness (QED) is 0.628. The molecule has 0 saturated heterocycles. The average molecular weight is 341 g/mol. The van der Waals surface area contributed by atoms with E-state index in [9.17, 15) is 9.59 Å². The van der Waals surface area contributed by atoms with Gasteiger partial charge in [-0.1, -0.05) is 12.1 Å². The summed E-state index contributed by atoms with van der Waals surface area (Å²) in [5.41, 5.74) is 6.08. The maximum atomic E-state index is 11.7. The molecule has 0 bridgehead atoms. The Balaban J connectivity index is 2.33. The molecule has 1 aromatic rings. The van der Waals surface area contributed by atoms with E-state index in [4.69, 9.17) is 15.2 Å². The van der Waals surface area contributed by atoms with Gasteiger partial charge in [-0.15, -0.1) is 0 Å². The van der Waals surface area contributed by atoms with Crippen LogP contribution in [0.2, 0.25) is 0 Å². The summed E-state index contributed by atoms with van der Waals surface area (Å²) >= 11 is 1.48. The first-order valence-electron chi connectivity index (χ1n) is 7.12. The van der Waals surface area contributed by atoms with Crippen molar-refractivity contribution in [1.82, 2.24) is 0 Å². The molecule has 7 heteroatoms. The molecule has 0 heterocycles. The molecule has 0 aromatic heterocycles. The maximum absolute atomic E-state index is 11.7. The standard InChI is InChI=1S/C16H23NO5S/c1-16(2,3)22-15(19)21-14(18)13(17)10-23-9-11-5-7-12(20-4)8-6-11/h5-8,13H,9-10,17H2,1-4H3/t13-/m1/s1. The van der Waals surface area contributed by atoms with Gasteiger partial charge in [0.05, 0.1) is 7.11 Å². The second-order valence-corrected chi connectivity index (χ2v) is 6.89. The van der Waals surface area contributed by atoms with E-state index in [-0.39, 0.29) is 0 Å². The molecule has 0 saturated carbocycles. The monoisotopic (exact) mass is 341 g/mol. The fourth-order valence-electron chi connectivity index (χ4n) is 1.52. The summed E-state index contributed by atoms with van der Waals surface area (Å²) in [7, 11) is 1.61. The molecule has 1 aromatic carbocycles. The Labute approximate surface area is 140 Å². The molecule has 6 nitrogen and oxygen atoms in total. The number of ether oxygens (including phenoxy) is 3. The van der Waals surface area contributed by atoms with E-state index in [1.54, 1.807) is 27.9 Å². The smallest absolute Gasteiger partial charge is 0.497 e. The van der Waals surface area contributed by atoms with Crippen LogP contribution < -0.4 is 10.5 Å². The van der Waals surface area contributed by atoms with Crippen molar-refractivity contribution in [3.63, 3.8) is 0 Å². The number of methoxy groups -OCH3 is 1. The molecule has 128 valence electrons. The van der Waals surface area contributed by atoms with Gasteiger partial charge in [0.2, 0.25) is 0 Å². The van der Waals surface area contributed by atoms with Gasteiger partial charge >= 0.3 is 12.1 Å². The summed E-state index contributed by atoms with van der Waals surface area (Å²) in [6, 6.07) is 6.73. The highest BCUT2D eigenvalue weighted by molar-refractivity contribution is 7.98. The van der Waals surface area contributed by atoms with Gasteiger partial charge in [0, 0.05) is 11.5 Å². The summed E-state index contributed by atoms with van der Waals surface area (Å²) in [4.78, 5) is 23.1. The molecule has 0 spiro atoms. The Hall–Kier alpha value is -1.73. The molecule has 0 fully saturated rings. The largest absolute Gasteiger partial charge is 0.516 e. The van der Waals surface area contributed by atoms with Crippen molar-refractivity contribution in [3.05, 3.63) is 29.8 Å². The van der Waals surface area contributed by atoms with E-state index in [1.807, 2.05) is 24.3 Å². The lowest BCUT2D eigenvalue weighted by atomic mass is 10.2. The molecular formula is C16H23NO5S. The number of esters is 1. The van der Waals surface area contributed by atoms with Gasteiger partial charge in [-0.25, -0.2) is 9.59 Å². The minimum absolute atomic E-state index is 0.341. The fourth-order valence-corrected chi connectivity index (χ4v) is 2.46. The summed E-state index contributed by atoms with van der Waals surface area (Å²) in [6.07, 6.45) is -1.03. The second kappa shape index (κ2) is 8.79. The first-order valence-corrected chi connectivity index (χ1v) is 8.27. The molecule has 0 unspecified atom stereocenters. The van der Waals surface area contributed by atoms with Crippen molar-refractivity contribution in [1.29, 1.82) is 0 Å². The summed E-state index contributed by atoms with van der Waals surface area (Å²) in [5.74, 6) is 1.03. The summed E-state index contributed by atoms with van der Waals surface area (Å²) in [6.45, 7) is 5.05. The number of nitrogens with two attached hydrogens (primary N) is 1. The van der Waals surface area contributed by atoms with Crippen molar-refractivity contribution < 1.29 is 23.8 Å². The van der Waals surface area contributed by atoms with E-state index >= 15 is 0 Å². The molecule has 0 aliphatic heterocycles. The predicted molar refractivity (Wildman–Crippen MR) is 89.5 cm³/mol. The number of hydrogen-bond acceptors (Lipinski definition) is 7. The maximum Gasteiger partial charge on any atom is 0.516 e. The van der Waals surface area contributed by atoms with Crippen LogP contribution >= 0.6 is 11.8 Å². The van der Waals surface area contributed by atoms with Gasteiger partial charge in [0.1, 0.15) is 17.4 Å². The van der Waals surface area contributed by atoms with Crippen molar-refractivity contribution in [2.24, 2.45) is 5.73 Å². The number of hydrogen-bond donors (Lipinski definition) is 1. The zero-order valence-corrected chi connectivity index (χ0v) is 14.6. The van der Waals surface area contributed by atoms with E-state index in [1.165, 1.54) is 11.8 Å². The van der Waals surface area contributed by atoms with Crippen LogP contribution in [0.3, 0.4) is 0 Å². The lowest BCUT2D eigenvalue weighted by Crippen LogP contribution is -2.37. The fraction of sp³-hybridized carbons (Fsp3) is 0.500. The lowest BCUT2D eigenvalue weighted by Gasteiger charge is -2.19. The van der Waals surface area contributed by atoms with Crippen LogP contribution in [0.4, 0.5) is 4.79 Å². The first kappa shape index (κ1) is 19.3. The van der Waals surface area contributed by atoms with E-state index in [2.05, 4.69) is 4.74 Å². The number of benzene rings is 1. The third-order valence-corrected chi connectivity index (χ3v) is 3.73. The SMILES string of the molecule is COc1ccc(CSC[C@@H](N)C(=O)OC(=O)OC(C)(C)C)cc1. The number of thioether (sulfide) groups is 1. The van der Waals surface area contributed by atoms with Crippen LogP contribution in [0.25, 0.3) is 0 Å². The van der Waals surface area contributed by atoms with Crippen LogP contribution in [0.1, 0.15) is 26.3 Å². The average Bonchev–Trinajstić information content (AvgIpc) is 2.45. The first-order chi connectivity index (χ1) is 10.7. The molecular weight excluding hydrogens is 318 g/mol. The molecule has 23 heavy (non-hydrogen) atoms. The molecule has 1 rings (SSSR count). The van der Waals surface area contributed by atoms with E-state index in [0.29, 0.717) is 11.5 Å². The topological polar surface area (TPSA) is 87.9 Å². The summed E-state index contributed by atoms with van der Waals surface area (Å²) < 4.78 is 14.5. The normalized spacial score (nSPS) is 12.4. The molecule has 0 aliphatic carbocycles. The number of carbonyl (C=O) groups excluding carboxylic acids is 2. The Morgan fingerprint density at radius 3 is 2.35 bits per heavy atom. The van der Waals surface area contributed by atoms with Crippen molar-refractivity contribution >= 4 is 23.9 Å². The molecule has 0 aliphatic rings. The van der Waals surface area contributed by atoms with Gasteiger partial charge in [-0.3, -0.25) is 0 Å². The van der Waals surface area contributed by atoms with Gasteiger partial charge < -0.3 is 19.9 Å². The van der Waals surface area contributed by atoms with Crippen molar-refractivity contribution in [3.8, 4) is 5.75 Å². The minimum atomic E-state index is -1.03. The molecule has 2 N–H and O–H groups in total. The van der Waals surface area contributed by atoms with Gasteiger partial charge in [0.25, 0.3) is 0 Å². The lowest BCUT2D eigenvalue weighted by molar-refractivity contribution is -0.142. The zero-order valence-electron chi connectivity index (χ0n) is 13.8. The zero-order chi connectivity index (χ0) is 17.5. The molecule has 1 atom stereocenters. The highest BCUT2D eigenvalue weighted by Crippen LogP contribution is 2.17. The van der Waals surface area contributed by atoms with Crippen molar-refractivity contribution in [2.75, 3.05) is 12.9 Å². The second-order valence-electron chi connectivity index (χ2n) is 5.86. The third-order valence-electron chi connectivity index (χ3n) is 2.60. The predicted octanol–water partition coefficient (Wildman–Crippen LogP) is 2.73. The third kappa shape index (κ3) is 7.90. The molecule has 0 radical (unpaired) electrons. The van der Waals surface area contributed by atoms with Gasteiger partial charge in [0.15, 0.2) is 0 Å². The van der Waals surface area contributed by atoms with Crippen LogP contribution in [-0.4, -0.2) is 36.6 Å². The molecule has 0 amide bonds. The van der Waals surface area contributed by atoms with Crippen molar-refractivity contribution in [2.45, 2.75) is 38.2 Å². The number of rotatable bonds is 6. The van der Waals surface area contributed by atoms with Crippen LogP contribution in [-0.2, 0) is 20.0 Å². The van der Waals surface area contributed by atoms with Crippen LogP contribution in [0, 0.1) is 0 Å². The van der Waals surface area contributed by atoms with E-state index < -0.39 is 23.8 Å². The van der Waals surface area contributed by atoms with Gasteiger partial charge in [-0.2, -0.15) is 11.8 Å². The van der Waals surface area contributed by atoms with Gasteiger partial charge in [-0.05, 0) is 38.5 Å². The Morgan fingerprint density at radius 2 is 1.83 bits per heavy atom.